The van der Waals surface area contributed by atoms with Crippen molar-refractivity contribution in [2.75, 3.05) is 5.32 Å². The number of nitro benzene ring substituents is 1. The van der Waals surface area contributed by atoms with Gasteiger partial charge in [0.1, 0.15) is 0 Å². The number of nitrogens with zero attached hydrogens (tertiary/aromatic N) is 4. The second-order valence-electron chi connectivity index (χ2n) is 5.56. The molecule has 3 N–H and O–H groups in total. The zero-order chi connectivity index (χ0) is 17.4. The lowest BCUT2D eigenvalue weighted by molar-refractivity contribution is -0.384. The predicted octanol–water partition coefficient (Wildman–Crippen LogP) is 2.90. The highest BCUT2D eigenvalue weighted by atomic mass is 16.6. The quantitative estimate of drug-likeness (QED) is 0.565. The Morgan fingerprint density at radius 1 is 1.24 bits per heavy atom. The number of rotatable bonds is 3. The summed E-state index contributed by atoms with van der Waals surface area (Å²) >= 11 is 0. The summed E-state index contributed by atoms with van der Waals surface area (Å²) in [5.41, 5.74) is 8.38. The highest BCUT2D eigenvalue weighted by molar-refractivity contribution is 5.94. The molecule has 0 fully saturated rings. The number of para-hydroxylation sites is 2. The van der Waals surface area contributed by atoms with Crippen molar-refractivity contribution in [3.05, 3.63) is 70.3 Å². The Morgan fingerprint density at radius 2 is 2.08 bits per heavy atom. The second-order valence-corrected chi connectivity index (χ2v) is 5.56. The maximum Gasteiger partial charge on any atom is 0.270 e. The van der Waals surface area contributed by atoms with Gasteiger partial charge in [-0.15, -0.1) is 0 Å². The number of imidazole rings is 1. The molecule has 8 heteroatoms. The molecule has 0 amide bonds. The van der Waals surface area contributed by atoms with E-state index in [9.17, 15) is 10.1 Å². The molecule has 25 heavy (non-hydrogen) atoms. The van der Waals surface area contributed by atoms with Gasteiger partial charge in [0.25, 0.3) is 5.69 Å². The number of fused-ring (bicyclic) bond motifs is 3. The van der Waals surface area contributed by atoms with Crippen LogP contribution >= 0.6 is 0 Å². The van der Waals surface area contributed by atoms with Crippen LogP contribution in [0.4, 0.5) is 11.6 Å². The molecule has 1 unspecified atom stereocenters. The minimum Gasteiger partial charge on any atom is -0.370 e. The van der Waals surface area contributed by atoms with Gasteiger partial charge in [0.05, 0.1) is 16.0 Å². The summed E-state index contributed by atoms with van der Waals surface area (Å²) in [6.07, 6.45) is 3.24. The Morgan fingerprint density at radius 3 is 2.92 bits per heavy atom. The Hall–Kier alpha value is -3.68. The normalized spacial score (nSPS) is 16.5. The summed E-state index contributed by atoms with van der Waals surface area (Å²) in [5, 5.41) is 13.9. The third-order valence-corrected chi connectivity index (χ3v) is 3.91. The predicted molar refractivity (Wildman–Crippen MR) is 96.1 cm³/mol. The number of hydrogen-bond donors (Lipinski definition) is 2. The average molecular weight is 334 g/mol. The Kier molecular flexibility index (Phi) is 3.42. The summed E-state index contributed by atoms with van der Waals surface area (Å²) in [6.45, 7) is 0. The fourth-order valence-electron chi connectivity index (χ4n) is 2.82. The number of nitrogens with two attached hydrogens (primary N) is 1. The number of nitro groups is 1. The maximum atomic E-state index is 10.9. The van der Waals surface area contributed by atoms with Crippen LogP contribution < -0.4 is 11.1 Å². The molecule has 1 aliphatic heterocycles. The van der Waals surface area contributed by atoms with Gasteiger partial charge in [-0.05, 0) is 23.8 Å². The van der Waals surface area contributed by atoms with Crippen LogP contribution in [-0.2, 0) is 0 Å². The van der Waals surface area contributed by atoms with Crippen LogP contribution in [0.15, 0.2) is 59.6 Å². The van der Waals surface area contributed by atoms with Crippen molar-refractivity contribution in [2.45, 2.75) is 6.17 Å². The highest BCUT2D eigenvalue weighted by Gasteiger charge is 2.21. The van der Waals surface area contributed by atoms with Crippen LogP contribution in [0.25, 0.3) is 17.1 Å². The molecule has 4 rings (SSSR count). The first kappa shape index (κ1) is 14.9. The molecule has 3 aromatic rings. The van der Waals surface area contributed by atoms with Crippen molar-refractivity contribution in [3.63, 3.8) is 0 Å². The lowest BCUT2D eigenvalue weighted by atomic mass is 10.2. The van der Waals surface area contributed by atoms with E-state index in [0.717, 1.165) is 11.0 Å². The topological polar surface area (TPSA) is 111 Å². The molecule has 2 heterocycles. The van der Waals surface area contributed by atoms with E-state index >= 15 is 0 Å². The summed E-state index contributed by atoms with van der Waals surface area (Å²) in [7, 11) is 0. The van der Waals surface area contributed by atoms with Gasteiger partial charge in [0.2, 0.25) is 5.95 Å². The molecular weight excluding hydrogens is 320 g/mol. The van der Waals surface area contributed by atoms with E-state index in [2.05, 4.69) is 15.3 Å². The van der Waals surface area contributed by atoms with Gasteiger partial charge >= 0.3 is 0 Å². The first-order valence-electron chi connectivity index (χ1n) is 7.62. The lowest BCUT2D eigenvalue weighted by Crippen LogP contribution is -2.30. The fraction of sp³-hybridized carbons (Fsp3) is 0.0588. The molecule has 2 aromatic carbocycles. The number of anilines is 1. The fourth-order valence-corrected chi connectivity index (χ4v) is 2.82. The van der Waals surface area contributed by atoms with Gasteiger partial charge in [0, 0.05) is 12.1 Å². The smallest absolute Gasteiger partial charge is 0.270 e. The molecule has 0 aliphatic carbocycles. The molecule has 0 radical (unpaired) electrons. The first-order valence-corrected chi connectivity index (χ1v) is 7.62. The van der Waals surface area contributed by atoms with Crippen LogP contribution in [0.3, 0.4) is 0 Å². The molecule has 0 saturated heterocycles. The van der Waals surface area contributed by atoms with E-state index < -0.39 is 4.92 Å². The molecule has 124 valence electrons. The van der Waals surface area contributed by atoms with Gasteiger partial charge in [-0.3, -0.25) is 20.0 Å². The highest BCUT2D eigenvalue weighted by Crippen LogP contribution is 2.29. The minimum atomic E-state index is -0.417. The number of aliphatic imine (C=N–C) groups is 1. The standard InChI is InChI=1S/C17H14N6O2/c18-16-20-15(9-8-11-4-3-5-12(10-11)23(24)25)22-14-7-2-1-6-13(14)19-17(22)21-16/h1-10,15H,(H3,18,19,20,21). The van der Waals surface area contributed by atoms with Crippen LogP contribution in [0, 0.1) is 10.1 Å². The molecule has 8 nitrogen and oxygen atoms in total. The number of guanidine groups is 1. The minimum absolute atomic E-state index is 0.0456. The van der Waals surface area contributed by atoms with Crippen molar-refractivity contribution in [2.24, 2.45) is 10.7 Å². The van der Waals surface area contributed by atoms with Crippen LogP contribution in [0.2, 0.25) is 0 Å². The SMILES string of the molecule is NC1=NC(C=Cc2cccc([N+](=O)[O-])c2)n2c(nc3ccccc32)N1. The molecular formula is C17H14N6O2. The molecule has 1 aliphatic rings. The molecule has 0 bridgehead atoms. The zero-order valence-electron chi connectivity index (χ0n) is 13.0. The third kappa shape index (κ3) is 2.69. The van der Waals surface area contributed by atoms with Gasteiger partial charge in [-0.2, -0.15) is 0 Å². The Bertz CT molecular complexity index is 1040. The van der Waals surface area contributed by atoms with Crippen LogP contribution in [0.5, 0.6) is 0 Å². The monoisotopic (exact) mass is 334 g/mol. The Balaban J connectivity index is 1.74. The van der Waals surface area contributed by atoms with Crippen molar-refractivity contribution in [1.82, 2.24) is 9.55 Å². The van der Waals surface area contributed by atoms with Crippen LogP contribution in [-0.4, -0.2) is 20.4 Å². The second kappa shape index (κ2) is 5.75. The molecule has 0 saturated carbocycles. The summed E-state index contributed by atoms with van der Waals surface area (Å²) < 4.78 is 1.93. The number of aromatic nitrogens is 2. The number of hydrogen-bond acceptors (Lipinski definition) is 6. The number of benzene rings is 2. The van der Waals surface area contributed by atoms with Crippen molar-refractivity contribution < 1.29 is 4.92 Å². The van der Waals surface area contributed by atoms with Crippen molar-refractivity contribution in [1.29, 1.82) is 0 Å². The largest absolute Gasteiger partial charge is 0.370 e. The van der Waals surface area contributed by atoms with E-state index in [4.69, 9.17) is 5.73 Å². The molecule has 1 aromatic heterocycles. The zero-order valence-corrected chi connectivity index (χ0v) is 13.0. The van der Waals surface area contributed by atoms with E-state index in [1.54, 1.807) is 18.2 Å². The van der Waals surface area contributed by atoms with Gasteiger partial charge in [0.15, 0.2) is 12.1 Å². The maximum absolute atomic E-state index is 10.9. The summed E-state index contributed by atoms with van der Waals surface area (Å²) in [4.78, 5) is 19.4. The lowest BCUT2D eigenvalue weighted by Gasteiger charge is -2.21. The number of non-ortho nitro benzene ring substituents is 1. The van der Waals surface area contributed by atoms with Gasteiger partial charge < -0.3 is 5.73 Å². The number of nitrogens with one attached hydrogen (secondary N) is 1. The van der Waals surface area contributed by atoms with E-state index in [0.29, 0.717) is 11.5 Å². The van der Waals surface area contributed by atoms with Crippen molar-refractivity contribution >= 4 is 34.7 Å². The average Bonchev–Trinajstić information content (AvgIpc) is 2.98. The van der Waals surface area contributed by atoms with E-state index in [1.807, 2.05) is 34.9 Å². The molecule has 1 atom stereocenters. The Labute approximate surface area is 142 Å². The van der Waals surface area contributed by atoms with Gasteiger partial charge in [-0.25, -0.2) is 9.98 Å². The third-order valence-electron chi connectivity index (χ3n) is 3.91. The van der Waals surface area contributed by atoms with E-state index in [-0.39, 0.29) is 17.8 Å². The van der Waals surface area contributed by atoms with Crippen LogP contribution in [0.1, 0.15) is 11.7 Å². The van der Waals surface area contributed by atoms with Crippen molar-refractivity contribution in [3.8, 4) is 0 Å². The van der Waals surface area contributed by atoms with Gasteiger partial charge in [-0.1, -0.05) is 30.3 Å². The molecule has 0 spiro atoms. The van der Waals surface area contributed by atoms with E-state index in [1.165, 1.54) is 12.1 Å². The summed E-state index contributed by atoms with van der Waals surface area (Å²) in [6, 6.07) is 14.1. The summed E-state index contributed by atoms with van der Waals surface area (Å²) in [5.74, 6) is 0.888. The first-order chi connectivity index (χ1) is 12.1.